The highest BCUT2D eigenvalue weighted by Gasteiger charge is 2.54. The number of aliphatic hydroxyl groups is 1. The van der Waals surface area contributed by atoms with Gasteiger partial charge in [0.1, 0.15) is 6.10 Å². The smallest absolute Gasteiger partial charge is 0.315 e. The quantitative estimate of drug-likeness (QED) is 0.435. The Morgan fingerprint density at radius 2 is 1.88 bits per heavy atom. The lowest BCUT2D eigenvalue weighted by Gasteiger charge is -2.53. The van der Waals surface area contributed by atoms with Gasteiger partial charge in [0.2, 0.25) is 0 Å². The first kappa shape index (κ1) is 19.6. The first-order valence-corrected chi connectivity index (χ1v) is 12.6. The van der Waals surface area contributed by atoms with E-state index in [0.29, 0.717) is 24.0 Å². The van der Waals surface area contributed by atoms with Crippen LogP contribution >= 0.6 is 0 Å². The molecule has 4 fully saturated rings. The van der Waals surface area contributed by atoms with Crippen molar-refractivity contribution in [3.05, 3.63) is 35.4 Å². The first-order valence-electron chi connectivity index (χ1n) is 12.6. The first-order chi connectivity index (χ1) is 15.5. The van der Waals surface area contributed by atoms with Crippen LogP contribution in [-0.4, -0.2) is 41.8 Å². The van der Waals surface area contributed by atoms with Gasteiger partial charge in [-0.25, -0.2) is 0 Å². The molecular formula is C27H33NO4. The molecule has 1 aromatic carbocycles. The van der Waals surface area contributed by atoms with Gasteiger partial charge in [-0.3, -0.25) is 4.79 Å². The maximum absolute atomic E-state index is 13.5. The maximum Gasteiger partial charge on any atom is 0.315 e. The number of hydrogen-bond acceptors (Lipinski definition) is 5. The Bertz CT molecular complexity index is 974. The number of aliphatic hydroxyl groups excluding tert-OH is 1. The molecule has 1 spiro atoms. The van der Waals surface area contributed by atoms with Crippen LogP contribution in [0, 0.1) is 29.6 Å². The van der Waals surface area contributed by atoms with Gasteiger partial charge in [0.05, 0.1) is 17.4 Å². The van der Waals surface area contributed by atoms with Crippen molar-refractivity contribution in [2.75, 3.05) is 13.6 Å². The molecule has 8 rings (SSSR count). The van der Waals surface area contributed by atoms with Crippen molar-refractivity contribution in [3.63, 3.8) is 0 Å². The molecule has 7 aliphatic rings. The van der Waals surface area contributed by atoms with Crippen LogP contribution in [0.25, 0.3) is 0 Å². The zero-order valence-corrected chi connectivity index (χ0v) is 18.8. The lowest BCUT2D eigenvalue weighted by atomic mass is 9.52. The van der Waals surface area contributed by atoms with Crippen molar-refractivity contribution in [3.8, 4) is 11.5 Å². The van der Waals surface area contributed by atoms with E-state index in [1.54, 1.807) is 0 Å². The topological polar surface area (TPSA) is 59.0 Å². The minimum absolute atomic E-state index is 0.0381. The van der Waals surface area contributed by atoms with Gasteiger partial charge in [0.15, 0.2) is 11.5 Å². The Kier molecular flexibility index (Phi) is 4.18. The molecule has 170 valence electrons. The third-order valence-electron chi connectivity index (χ3n) is 9.64. The van der Waals surface area contributed by atoms with Gasteiger partial charge in [-0.15, -0.1) is 0 Å². The highest BCUT2D eigenvalue weighted by molar-refractivity contribution is 5.78. The third kappa shape index (κ3) is 2.73. The van der Waals surface area contributed by atoms with E-state index in [4.69, 9.17) is 9.47 Å². The monoisotopic (exact) mass is 435 g/mol. The van der Waals surface area contributed by atoms with Crippen LogP contribution < -0.4 is 9.47 Å². The molecule has 0 aromatic heterocycles. The molecule has 0 amide bonds. The summed E-state index contributed by atoms with van der Waals surface area (Å²) in [5.41, 5.74) is 2.20. The molecule has 32 heavy (non-hydrogen) atoms. The minimum Gasteiger partial charge on any atom is -0.485 e. The van der Waals surface area contributed by atoms with Crippen molar-refractivity contribution in [2.24, 2.45) is 29.6 Å². The van der Waals surface area contributed by atoms with E-state index in [-0.39, 0.29) is 23.4 Å². The van der Waals surface area contributed by atoms with Gasteiger partial charge < -0.3 is 19.5 Å². The van der Waals surface area contributed by atoms with Crippen molar-refractivity contribution in [2.45, 2.75) is 69.1 Å². The van der Waals surface area contributed by atoms with Gasteiger partial charge in [-0.1, -0.05) is 18.2 Å². The molecule has 2 aliphatic heterocycles. The standard InChI is InChI=1S/C27H33NO4/c1-28-7-6-27-5-4-20(29)13-22(27)32-25-21(3-2-17(14-28)24(25)27)31-26(30)23-18-9-15-8-16(11-18)12-19(23)10-15/h2-5,15-16,18-20,22-23,29H,6-14H2,1H3/t15?,16?,18?,19?,20-,22?,23?,27-/m0/s1. The molecule has 3 atom stereocenters. The van der Waals surface area contributed by atoms with Crippen molar-refractivity contribution >= 4 is 5.97 Å². The Hall–Kier alpha value is -1.85. The van der Waals surface area contributed by atoms with Crippen LogP contribution in [0.5, 0.6) is 11.5 Å². The molecule has 1 unspecified atom stereocenters. The van der Waals surface area contributed by atoms with Crippen LogP contribution in [0.1, 0.15) is 56.1 Å². The average molecular weight is 436 g/mol. The number of ether oxygens (including phenoxy) is 2. The van der Waals surface area contributed by atoms with Crippen molar-refractivity contribution < 1.29 is 19.4 Å². The Balaban J connectivity index is 1.24. The molecule has 4 saturated carbocycles. The van der Waals surface area contributed by atoms with Crippen LogP contribution in [0.2, 0.25) is 0 Å². The molecule has 5 aliphatic carbocycles. The summed E-state index contributed by atoms with van der Waals surface area (Å²) in [6.07, 6.45) is 11.3. The van der Waals surface area contributed by atoms with E-state index in [1.165, 1.54) is 43.2 Å². The Labute approximate surface area is 189 Å². The van der Waals surface area contributed by atoms with Crippen LogP contribution in [-0.2, 0) is 16.8 Å². The summed E-state index contributed by atoms with van der Waals surface area (Å²) in [6, 6.07) is 4.08. The largest absolute Gasteiger partial charge is 0.485 e. The van der Waals surface area contributed by atoms with Gasteiger partial charge in [-0.05, 0) is 87.4 Å². The molecular weight excluding hydrogens is 402 g/mol. The fourth-order valence-electron chi connectivity index (χ4n) is 8.48. The van der Waals surface area contributed by atoms with E-state index < -0.39 is 6.10 Å². The highest BCUT2D eigenvalue weighted by Crippen LogP contribution is 2.58. The number of carbonyl (C=O) groups excluding carboxylic acids is 1. The lowest BCUT2D eigenvalue weighted by Crippen LogP contribution is -2.49. The SMILES string of the molecule is CN1CC[C@@]23C=C[C@H](O)CC2Oc2c(OC(=O)C4C5CC6CC(C5)CC4C6)ccc(c23)C1. The summed E-state index contributed by atoms with van der Waals surface area (Å²) < 4.78 is 12.7. The molecule has 1 N–H and O–H groups in total. The normalized spacial score (nSPS) is 43.4. The number of rotatable bonds is 2. The van der Waals surface area contributed by atoms with Gasteiger partial charge in [-0.2, -0.15) is 0 Å². The second-order valence-corrected chi connectivity index (χ2v) is 11.6. The third-order valence-corrected chi connectivity index (χ3v) is 9.64. The number of esters is 1. The number of nitrogens with zero attached hydrogens (tertiary/aromatic N) is 1. The average Bonchev–Trinajstić information content (AvgIpc) is 3.00. The zero-order chi connectivity index (χ0) is 21.6. The number of hydrogen-bond donors (Lipinski definition) is 1. The van der Waals surface area contributed by atoms with E-state index in [0.717, 1.165) is 37.1 Å². The summed E-state index contributed by atoms with van der Waals surface area (Å²) in [5.74, 6) is 4.05. The second-order valence-electron chi connectivity index (χ2n) is 11.6. The summed E-state index contributed by atoms with van der Waals surface area (Å²) in [7, 11) is 2.15. The number of benzene rings is 1. The summed E-state index contributed by atoms with van der Waals surface area (Å²) in [6.45, 7) is 1.83. The predicted molar refractivity (Wildman–Crippen MR) is 119 cm³/mol. The van der Waals surface area contributed by atoms with E-state index in [9.17, 15) is 9.90 Å². The summed E-state index contributed by atoms with van der Waals surface area (Å²) >= 11 is 0. The fourth-order valence-corrected chi connectivity index (χ4v) is 8.48. The van der Waals surface area contributed by atoms with Crippen LogP contribution in [0.4, 0.5) is 0 Å². The summed E-state index contributed by atoms with van der Waals surface area (Å²) in [5, 5.41) is 10.3. The maximum atomic E-state index is 13.5. The molecule has 0 radical (unpaired) electrons. The van der Waals surface area contributed by atoms with Crippen LogP contribution in [0.15, 0.2) is 24.3 Å². The van der Waals surface area contributed by atoms with E-state index >= 15 is 0 Å². The molecule has 0 saturated heterocycles. The zero-order valence-electron chi connectivity index (χ0n) is 18.8. The predicted octanol–water partition coefficient (Wildman–Crippen LogP) is 3.82. The minimum atomic E-state index is -0.483. The van der Waals surface area contributed by atoms with E-state index in [2.05, 4.69) is 24.1 Å². The molecule has 1 aromatic rings. The lowest BCUT2D eigenvalue weighted by molar-refractivity contribution is -0.152. The van der Waals surface area contributed by atoms with Gasteiger partial charge >= 0.3 is 5.97 Å². The van der Waals surface area contributed by atoms with Crippen molar-refractivity contribution in [1.82, 2.24) is 4.90 Å². The molecule has 5 nitrogen and oxygen atoms in total. The molecule has 4 bridgehead atoms. The van der Waals surface area contributed by atoms with Gasteiger partial charge in [0, 0.05) is 18.5 Å². The van der Waals surface area contributed by atoms with Crippen LogP contribution in [0.3, 0.4) is 0 Å². The van der Waals surface area contributed by atoms with Crippen molar-refractivity contribution in [1.29, 1.82) is 0 Å². The highest BCUT2D eigenvalue weighted by atomic mass is 16.6. The van der Waals surface area contributed by atoms with Gasteiger partial charge in [0.25, 0.3) is 0 Å². The summed E-state index contributed by atoms with van der Waals surface area (Å²) in [4.78, 5) is 15.8. The number of carbonyl (C=O) groups is 1. The molecule has 2 heterocycles. The van der Waals surface area contributed by atoms with E-state index in [1.807, 2.05) is 12.1 Å². The fraction of sp³-hybridized carbons (Fsp3) is 0.667. The molecule has 5 heteroatoms. The second kappa shape index (κ2) is 6.83. The Morgan fingerprint density at radius 3 is 2.62 bits per heavy atom. The Morgan fingerprint density at radius 1 is 1.12 bits per heavy atom.